The maximum atomic E-state index is 12.5. The summed E-state index contributed by atoms with van der Waals surface area (Å²) in [7, 11) is -3.69. The van der Waals surface area contributed by atoms with E-state index in [1.807, 2.05) is 0 Å². The Morgan fingerprint density at radius 3 is 2.44 bits per heavy atom. The lowest BCUT2D eigenvalue weighted by molar-refractivity contribution is -0.131. The number of carboxylic acid groups (broad SMARTS) is 1. The molecule has 0 aromatic carbocycles. The van der Waals surface area contributed by atoms with Gasteiger partial charge in [-0.3, -0.25) is 4.57 Å². The van der Waals surface area contributed by atoms with Crippen molar-refractivity contribution in [1.29, 1.82) is 0 Å². The van der Waals surface area contributed by atoms with Crippen LogP contribution in [0.5, 0.6) is 0 Å². The van der Waals surface area contributed by atoms with Crippen molar-refractivity contribution in [2.45, 2.75) is 13.8 Å². The van der Waals surface area contributed by atoms with Gasteiger partial charge in [0.1, 0.15) is 11.1 Å². The van der Waals surface area contributed by atoms with Crippen LogP contribution in [0.3, 0.4) is 0 Å². The third kappa shape index (κ3) is 3.57. The van der Waals surface area contributed by atoms with Crippen LogP contribution in [0, 0.1) is 0 Å². The molecule has 0 atom stereocenters. The summed E-state index contributed by atoms with van der Waals surface area (Å²) < 4.78 is 27.8. The number of carboxylic acids is 1. The second kappa shape index (κ2) is 6.54. The molecule has 0 aliphatic carbocycles. The standard InChI is InChI=1S/C11H15O6P/c1-3-16-18(14,17-4-2)10(8-11(12)13)9-6-5-7-15-9/h5-8H,3-4H2,1-2H3,(H,12,13)/b10-8+. The Kier molecular flexibility index (Phi) is 5.34. The lowest BCUT2D eigenvalue weighted by Gasteiger charge is -2.18. The Balaban J connectivity index is 3.24. The first-order valence-corrected chi connectivity index (χ1v) is 6.96. The summed E-state index contributed by atoms with van der Waals surface area (Å²) in [6, 6.07) is 3.06. The predicted molar refractivity (Wildman–Crippen MR) is 65.2 cm³/mol. The van der Waals surface area contributed by atoms with Crippen molar-refractivity contribution >= 4 is 18.9 Å². The molecule has 0 aliphatic rings. The Morgan fingerprint density at radius 2 is 2.06 bits per heavy atom. The van der Waals surface area contributed by atoms with E-state index in [0.717, 1.165) is 6.08 Å². The summed E-state index contributed by atoms with van der Waals surface area (Å²) in [5, 5.41) is 8.74. The van der Waals surface area contributed by atoms with Crippen LogP contribution in [0.1, 0.15) is 19.6 Å². The molecule has 6 nitrogen and oxygen atoms in total. The molecule has 1 heterocycles. The van der Waals surface area contributed by atoms with E-state index >= 15 is 0 Å². The second-order valence-corrected chi connectivity index (χ2v) is 5.17. The van der Waals surface area contributed by atoms with Crippen LogP contribution >= 0.6 is 7.60 Å². The average Bonchev–Trinajstić information content (AvgIpc) is 2.79. The van der Waals surface area contributed by atoms with Gasteiger partial charge in [0.25, 0.3) is 0 Å². The fourth-order valence-corrected chi connectivity index (χ4v) is 3.04. The first kappa shape index (κ1) is 14.7. The molecule has 0 spiro atoms. The molecule has 0 radical (unpaired) electrons. The zero-order valence-electron chi connectivity index (χ0n) is 10.2. The number of hydrogen-bond acceptors (Lipinski definition) is 5. The van der Waals surface area contributed by atoms with Gasteiger partial charge in [-0.15, -0.1) is 0 Å². The van der Waals surface area contributed by atoms with E-state index in [0.29, 0.717) is 0 Å². The smallest absolute Gasteiger partial charge is 0.365 e. The van der Waals surface area contributed by atoms with Crippen molar-refractivity contribution in [3.63, 3.8) is 0 Å². The van der Waals surface area contributed by atoms with Gasteiger partial charge in [0, 0.05) is 6.08 Å². The summed E-state index contributed by atoms with van der Waals surface area (Å²) in [5.41, 5.74) is 0. The Hall–Kier alpha value is -1.36. The maximum absolute atomic E-state index is 12.5. The minimum Gasteiger partial charge on any atom is -0.478 e. The van der Waals surface area contributed by atoms with Crippen molar-refractivity contribution < 1.29 is 27.9 Å². The van der Waals surface area contributed by atoms with Gasteiger partial charge in [-0.1, -0.05) is 0 Å². The number of rotatable bonds is 7. The first-order chi connectivity index (χ1) is 8.53. The molecule has 1 N–H and O–H groups in total. The molecule has 0 unspecified atom stereocenters. The van der Waals surface area contributed by atoms with E-state index < -0.39 is 13.6 Å². The van der Waals surface area contributed by atoms with Gasteiger partial charge in [-0.25, -0.2) is 4.79 Å². The van der Waals surface area contributed by atoms with Crippen LogP contribution in [0.15, 0.2) is 28.9 Å². The van der Waals surface area contributed by atoms with Gasteiger partial charge in [0.15, 0.2) is 0 Å². The zero-order valence-corrected chi connectivity index (χ0v) is 11.1. The fraction of sp³-hybridized carbons (Fsp3) is 0.364. The third-order valence-electron chi connectivity index (χ3n) is 1.93. The number of carbonyl (C=O) groups is 1. The molecule has 0 amide bonds. The zero-order chi connectivity index (χ0) is 13.6. The molecule has 1 aromatic rings. The van der Waals surface area contributed by atoms with Crippen LogP contribution in [0.2, 0.25) is 0 Å². The highest BCUT2D eigenvalue weighted by molar-refractivity contribution is 7.65. The number of aliphatic carboxylic acids is 1. The van der Waals surface area contributed by atoms with Crippen molar-refractivity contribution in [3.8, 4) is 0 Å². The molecule has 0 saturated carbocycles. The minimum absolute atomic E-state index is 0.0938. The van der Waals surface area contributed by atoms with Crippen LogP contribution in [0.25, 0.3) is 5.31 Å². The van der Waals surface area contributed by atoms with E-state index in [4.69, 9.17) is 18.6 Å². The summed E-state index contributed by atoms with van der Waals surface area (Å²) in [6.07, 6.45) is 2.14. The van der Waals surface area contributed by atoms with Gasteiger partial charge in [0.2, 0.25) is 0 Å². The lowest BCUT2D eigenvalue weighted by Crippen LogP contribution is -2.00. The monoisotopic (exact) mass is 274 g/mol. The summed E-state index contributed by atoms with van der Waals surface area (Å²) in [5.74, 6) is -1.09. The van der Waals surface area contributed by atoms with Gasteiger partial charge >= 0.3 is 13.6 Å². The molecule has 100 valence electrons. The van der Waals surface area contributed by atoms with Crippen molar-refractivity contribution in [3.05, 3.63) is 30.2 Å². The van der Waals surface area contributed by atoms with Crippen molar-refractivity contribution in [1.82, 2.24) is 0 Å². The average molecular weight is 274 g/mol. The van der Waals surface area contributed by atoms with E-state index in [2.05, 4.69) is 0 Å². The van der Waals surface area contributed by atoms with Crippen LogP contribution in [-0.4, -0.2) is 24.3 Å². The highest BCUT2D eigenvalue weighted by atomic mass is 31.2. The molecule has 0 fully saturated rings. The highest BCUT2D eigenvalue weighted by Gasteiger charge is 2.33. The van der Waals surface area contributed by atoms with Gasteiger partial charge in [0.05, 0.1) is 19.5 Å². The molecule has 1 aromatic heterocycles. The normalized spacial score (nSPS) is 12.7. The van der Waals surface area contributed by atoms with Crippen molar-refractivity contribution in [2.75, 3.05) is 13.2 Å². The topological polar surface area (TPSA) is 86.0 Å². The third-order valence-corrected chi connectivity index (χ3v) is 4.06. The highest BCUT2D eigenvalue weighted by Crippen LogP contribution is 2.60. The molecule has 0 saturated heterocycles. The Bertz CT molecular complexity index is 452. The van der Waals surface area contributed by atoms with Gasteiger partial charge in [-0.2, -0.15) is 0 Å². The molecule has 7 heteroatoms. The summed E-state index contributed by atoms with van der Waals surface area (Å²) in [6.45, 7) is 3.56. The summed E-state index contributed by atoms with van der Waals surface area (Å²) in [4.78, 5) is 10.8. The Morgan fingerprint density at radius 1 is 1.44 bits per heavy atom. The molecule has 1 rings (SSSR count). The molecule has 0 bridgehead atoms. The second-order valence-electron chi connectivity index (χ2n) is 3.18. The molecular weight excluding hydrogens is 259 g/mol. The van der Waals surface area contributed by atoms with Crippen LogP contribution in [-0.2, 0) is 18.4 Å². The van der Waals surface area contributed by atoms with Gasteiger partial charge < -0.3 is 18.6 Å². The van der Waals surface area contributed by atoms with E-state index in [-0.39, 0.29) is 24.3 Å². The maximum Gasteiger partial charge on any atom is 0.365 e. The molecule has 18 heavy (non-hydrogen) atoms. The van der Waals surface area contributed by atoms with Crippen LogP contribution in [0.4, 0.5) is 0 Å². The minimum atomic E-state index is -3.69. The van der Waals surface area contributed by atoms with E-state index in [1.165, 1.54) is 12.3 Å². The van der Waals surface area contributed by atoms with Gasteiger partial charge in [-0.05, 0) is 26.0 Å². The Labute approximate surface area is 105 Å². The summed E-state index contributed by atoms with van der Waals surface area (Å²) >= 11 is 0. The van der Waals surface area contributed by atoms with E-state index in [9.17, 15) is 9.36 Å². The SMILES string of the molecule is CCOP(=O)(OCC)/C(=C/C(=O)O)c1ccco1. The van der Waals surface area contributed by atoms with Crippen molar-refractivity contribution in [2.24, 2.45) is 0 Å². The number of furan rings is 1. The quantitative estimate of drug-likeness (QED) is 0.607. The van der Waals surface area contributed by atoms with E-state index in [1.54, 1.807) is 19.9 Å². The first-order valence-electron chi connectivity index (χ1n) is 5.41. The fourth-order valence-electron chi connectivity index (χ4n) is 1.34. The van der Waals surface area contributed by atoms with Crippen LogP contribution < -0.4 is 0 Å². The number of hydrogen-bond donors (Lipinski definition) is 1. The molecular formula is C11H15O6P. The largest absolute Gasteiger partial charge is 0.478 e. The molecule has 0 aliphatic heterocycles. The lowest BCUT2D eigenvalue weighted by atomic mass is 10.4. The predicted octanol–water partition coefficient (Wildman–Crippen LogP) is 2.97.